The standard InChI is InChI=1S/C27H23F3N8O2/c1-38-12-20(27(28,29)30)35-24(38)17-5-3-15(4-6-17)13-40-25-18(19-9-10-34-37-19)11-31-23(36-25)21-22(16-7-8-16)32-14-33-26(21)39-2/h3-6,9-12,14,16H,7-8,13H2,1-2H3,(H,34,37). The van der Waals surface area contributed by atoms with Gasteiger partial charge in [0.05, 0.1) is 24.1 Å². The van der Waals surface area contributed by atoms with Gasteiger partial charge in [0.25, 0.3) is 0 Å². The van der Waals surface area contributed by atoms with Crippen molar-refractivity contribution < 1.29 is 22.6 Å². The maximum atomic E-state index is 13.1. The van der Waals surface area contributed by atoms with Gasteiger partial charge in [-0.3, -0.25) is 5.10 Å². The highest BCUT2D eigenvalue weighted by molar-refractivity contribution is 5.70. The lowest BCUT2D eigenvalue weighted by molar-refractivity contribution is -0.140. The molecule has 0 aliphatic heterocycles. The van der Waals surface area contributed by atoms with Gasteiger partial charge in [0.1, 0.15) is 24.3 Å². The second-order valence-electron chi connectivity index (χ2n) is 9.34. The van der Waals surface area contributed by atoms with Gasteiger partial charge in [0, 0.05) is 37.1 Å². The van der Waals surface area contributed by atoms with Crippen LogP contribution in [-0.4, -0.2) is 46.8 Å². The molecular formula is C27H23F3N8O2. The van der Waals surface area contributed by atoms with E-state index in [1.807, 2.05) is 0 Å². The van der Waals surface area contributed by atoms with Crippen molar-refractivity contribution >= 4 is 0 Å². The van der Waals surface area contributed by atoms with Crippen LogP contribution < -0.4 is 9.47 Å². The van der Waals surface area contributed by atoms with E-state index in [0.29, 0.717) is 45.9 Å². The molecule has 0 amide bonds. The number of nitrogens with zero attached hydrogens (tertiary/aromatic N) is 7. The van der Waals surface area contributed by atoms with Gasteiger partial charge in [-0.1, -0.05) is 24.3 Å². The fraction of sp³-hybridized carbons (Fsp3) is 0.259. The summed E-state index contributed by atoms with van der Waals surface area (Å²) in [6.45, 7) is 0.143. The molecule has 204 valence electrons. The zero-order valence-corrected chi connectivity index (χ0v) is 21.5. The first-order chi connectivity index (χ1) is 19.3. The van der Waals surface area contributed by atoms with Crippen molar-refractivity contribution in [2.24, 2.45) is 7.05 Å². The molecule has 0 saturated heterocycles. The lowest BCUT2D eigenvalue weighted by Gasteiger charge is -2.14. The van der Waals surface area contributed by atoms with Crippen LogP contribution >= 0.6 is 0 Å². The number of aryl methyl sites for hydroxylation is 1. The normalized spacial score (nSPS) is 13.4. The van der Waals surface area contributed by atoms with Gasteiger partial charge in [-0.25, -0.2) is 19.9 Å². The SMILES string of the molecule is COc1ncnc(C2CC2)c1-c1ncc(-c2ccn[nH]2)c(OCc2ccc(-c3nc(C(F)(F)F)cn3C)cc2)n1. The van der Waals surface area contributed by atoms with Crippen molar-refractivity contribution in [1.29, 1.82) is 0 Å². The van der Waals surface area contributed by atoms with E-state index in [4.69, 9.17) is 14.5 Å². The van der Waals surface area contributed by atoms with Gasteiger partial charge >= 0.3 is 6.18 Å². The molecule has 5 aromatic rings. The zero-order valence-electron chi connectivity index (χ0n) is 21.5. The fourth-order valence-electron chi connectivity index (χ4n) is 4.37. The molecule has 0 spiro atoms. The molecule has 1 aromatic carbocycles. The van der Waals surface area contributed by atoms with Gasteiger partial charge in [0.2, 0.25) is 11.8 Å². The zero-order chi connectivity index (χ0) is 27.9. The summed E-state index contributed by atoms with van der Waals surface area (Å²) in [5.41, 5.74) is 3.14. The number of hydrogen-bond acceptors (Lipinski definition) is 8. The van der Waals surface area contributed by atoms with E-state index >= 15 is 0 Å². The lowest BCUT2D eigenvalue weighted by atomic mass is 10.1. The molecule has 40 heavy (non-hydrogen) atoms. The first kappa shape index (κ1) is 25.5. The van der Waals surface area contributed by atoms with E-state index in [0.717, 1.165) is 30.3 Å². The van der Waals surface area contributed by atoms with E-state index in [2.05, 4.69) is 30.1 Å². The largest absolute Gasteiger partial charge is 0.480 e. The number of aromatic nitrogens is 8. The predicted molar refractivity (Wildman–Crippen MR) is 137 cm³/mol. The molecule has 0 radical (unpaired) electrons. The number of rotatable bonds is 8. The number of nitrogens with one attached hydrogen (secondary N) is 1. The van der Waals surface area contributed by atoms with Crippen LogP contribution in [0.3, 0.4) is 0 Å². The summed E-state index contributed by atoms with van der Waals surface area (Å²) in [6, 6.07) is 8.74. The molecule has 1 N–H and O–H groups in total. The summed E-state index contributed by atoms with van der Waals surface area (Å²) >= 11 is 0. The Balaban J connectivity index is 1.30. The second-order valence-corrected chi connectivity index (χ2v) is 9.34. The number of ether oxygens (including phenoxy) is 2. The third-order valence-corrected chi connectivity index (χ3v) is 6.52. The van der Waals surface area contributed by atoms with E-state index in [1.54, 1.807) is 42.7 Å². The van der Waals surface area contributed by atoms with E-state index in [9.17, 15) is 13.2 Å². The van der Waals surface area contributed by atoms with Crippen molar-refractivity contribution in [3.8, 4) is 45.8 Å². The van der Waals surface area contributed by atoms with Crippen LogP contribution in [0.4, 0.5) is 13.2 Å². The number of hydrogen-bond donors (Lipinski definition) is 1. The summed E-state index contributed by atoms with van der Waals surface area (Å²) < 4.78 is 52.3. The molecule has 6 rings (SSSR count). The minimum absolute atomic E-state index is 0.143. The summed E-state index contributed by atoms with van der Waals surface area (Å²) in [5.74, 6) is 1.59. The third kappa shape index (κ3) is 4.97. The Labute approximate surface area is 226 Å². The van der Waals surface area contributed by atoms with Crippen LogP contribution in [0.5, 0.6) is 11.8 Å². The topological polar surface area (TPSA) is 117 Å². The Kier molecular flexibility index (Phi) is 6.40. The Morgan fingerprint density at radius 3 is 2.48 bits per heavy atom. The molecule has 13 heteroatoms. The highest BCUT2D eigenvalue weighted by Gasteiger charge is 2.34. The van der Waals surface area contributed by atoms with Crippen molar-refractivity contribution in [2.75, 3.05) is 7.11 Å². The minimum Gasteiger partial charge on any atom is -0.480 e. The first-order valence-electron chi connectivity index (χ1n) is 12.4. The summed E-state index contributed by atoms with van der Waals surface area (Å²) in [4.78, 5) is 21.8. The van der Waals surface area contributed by atoms with E-state index in [1.165, 1.54) is 25.1 Å². The molecule has 0 bridgehead atoms. The third-order valence-electron chi connectivity index (χ3n) is 6.52. The number of imidazole rings is 1. The smallest absolute Gasteiger partial charge is 0.434 e. The minimum atomic E-state index is -4.51. The average molecular weight is 549 g/mol. The predicted octanol–water partition coefficient (Wildman–Crippen LogP) is 5.21. The van der Waals surface area contributed by atoms with Crippen molar-refractivity contribution in [2.45, 2.75) is 31.5 Å². The van der Waals surface area contributed by atoms with Crippen LogP contribution in [0.25, 0.3) is 34.0 Å². The molecule has 1 saturated carbocycles. The monoisotopic (exact) mass is 548 g/mol. The van der Waals surface area contributed by atoms with Gasteiger partial charge in [-0.2, -0.15) is 23.3 Å². The molecule has 0 unspecified atom stereocenters. The maximum Gasteiger partial charge on any atom is 0.434 e. The molecule has 0 atom stereocenters. The second kappa shape index (κ2) is 10.1. The Morgan fingerprint density at radius 1 is 1.02 bits per heavy atom. The average Bonchev–Trinajstić information content (AvgIpc) is 3.50. The van der Waals surface area contributed by atoms with Gasteiger partial charge in [0.15, 0.2) is 11.5 Å². The fourth-order valence-corrected chi connectivity index (χ4v) is 4.37. The van der Waals surface area contributed by atoms with Crippen LogP contribution in [0.1, 0.15) is 35.7 Å². The Bertz CT molecular complexity index is 1650. The molecule has 1 aliphatic rings. The van der Waals surface area contributed by atoms with Gasteiger partial charge in [-0.15, -0.1) is 0 Å². The molecule has 1 fully saturated rings. The van der Waals surface area contributed by atoms with Crippen LogP contribution in [-0.2, 0) is 19.8 Å². The number of H-pyrrole nitrogens is 1. The number of alkyl halides is 3. The van der Waals surface area contributed by atoms with Crippen molar-refractivity contribution in [1.82, 2.24) is 39.7 Å². The Morgan fingerprint density at radius 2 is 1.82 bits per heavy atom. The number of benzene rings is 1. The molecular weight excluding hydrogens is 525 g/mol. The summed E-state index contributed by atoms with van der Waals surface area (Å²) in [6.07, 6.45) is 3.25. The van der Waals surface area contributed by atoms with E-state index in [-0.39, 0.29) is 12.4 Å². The summed E-state index contributed by atoms with van der Waals surface area (Å²) in [5, 5.41) is 6.93. The van der Waals surface area contributed by atoms with Crippen LogP contribution in [0, 0.1) is 0 Å². The number of aromatic amines is 1. The van der Waals surface area contributed by atoms with Crippen molar-refractivity contribution in [3.63, 3.8) is 0 Å². The van der Waals surface area contributed by atoms with Gasteiger partial charge in [-0.05, 0) is 24.5 Å². The maximum absolute atomic E-state index is 13.1. The molecule has 10 nitrogen and oxygen atoms in total. The molecule has 4 heterocycles. The highest BCUT2D eigenvalue weighted by atomic mass is 19.4. The van der Waals surface area contributed by atoms with Gasteiger partial charge < -0.3 is 14.0 Å². The highest BCUT2D eigenvalue weighted by Crippen LogP contribution is 2.45. The number of halogens is 3. The molecule has 4 aromatic heterocycles. The van der Waals surface area contributed by atoms with Crippen LogP contribution in [0.2, 0.25) is 0 Å². The first-order valence-corrected chi connectivity index (χ1v) is 12.4. The molecule has 1 aliphatic carbocycles. The van der Waals surface area contributed by atoms with Crippen LogP contribution in [0.15, 0.2) is 55.2 Å². The summed E-state index contributed by atoms with van der Waals surface area (Å²) in [7, 11) is 3.07. The quantitative estimate of drug-likeness (QED) is 0.281. The lowest BCUT2D eigenvalue weighted by Crippen LogP contribution is -2.05. The Hall–Kier alpha value is -4.81. The van der Waals surface area contributed by atoms with Crippen molar-refractivity contribution in [3.05, 3.63) is 72.2 Å². The van der Waals surface area contributed by atoms with E-state index < -0.39 is 11.9 Å². The number of methoxy groups -OCH3 is 1.